The highest BCUT2D eigenvalue weighted by Gasteiger charge is 2.03. The molecular formula is C24H16N2O2. The molecule has 0 unspecified atom stereocenters. The van der Waals surface area contributed by atoms with E-state index in [1.807, 2.05) is 66.8 Å². The average molecular weight is 364 g/mol. The summed E-state index contributed by atoms with van der Waals surface area (Å²) < 4.78 is 10.7. The molecule has 0 saturated heterocycles. The lowest BCUT2D eigenvalue weighted by molar-refractivity contribution is 0.557. The van der Waals surface area contributed by atoms with Gasteiger partial charge in [0.25, 0.3) is 0 Å². The average Bonchev–Trinajstić information content (AvgIpc) is 3.43. The zero-order valence-corrected chi connectivity index (χ0v) is 14.9. The van der Waals surface area contributed by atoms with Crippen LogP contribution in [0.5, 0.6) is 0 Å². The molecule has 0 N–H and O–H groups in total. The van der Waals surface area contributed by atoms with Crippen molar-refractivity contribution in [3.05, 3.63) is 96.1 Å². The Bertz CT molecular complexity index is 1200. The summed E-state index contributed by atoms with van der Waals surface area (Å²) in [6.45, 7) is 0. The van der Waals surface area contributed by atoms with Gasteiger partial charge in [0.15, 0.2) is 0 Å². The zero-order chi connectivity index (χ0) is 18.8. The minimum absolute atomic E-state index is 0.801. The normalized spacial score (nSPS) is 12.0. The fourth-order valence-corrected chi connectivity index (χ4v) is 3.07. The van der Waals surface area contributed by atoms with Gasteiger partial charge in [-0.25, -0.2) is 9.97 Å². The van der Waals surface area contributed by atoms with E-state index < -0.39 is 0 Å². The second-order valence-electron chi connectivity index (χ2n) is 6.41. The number of aromatic nitrogens is 2. The summed E-state index contributed by atoms with van der Waals surface area (Å²) in [4.78, 5) is 9.48. The Labute approximate surface area is 161 Å². The SMILES string of the molecule is C(=Cc1ccco1)c1ccc2cc3ccc(C=Cc4ccco4)nc3cc2n1. The van der Waals surface area contributed by atoms with Gasteiger partial charge in [0, 0.05) is 10.8 Å². The van der Waals surface area contributed by atoms with E-state index in [1.54, 1.807) is 12.5 Å². The van der Waals surface area contributed by atoms with Gasteiger partial charge in [0.2, 0.25) is 0 Å². The van der Waals surface area contributed by atoms with Crippen molar-refractivity contribution in [3.63, 3.8) is 0 Å². The summed E-state index contributed by atoms with van der Waals surface area (Å²) in [6.07, 6.45) is 11.0. The predicted molar refractivity (Wildman–Crippen MR) is 112 cm³/mol. The van der Waals surface area contributed by atoms with Crippen LogP contribution < -0.4 is 0 Å². The van der Waals surface area contributed by atoms with E-state index in [4.69, 9.17) is 18.8 Å². The van der Waals surface area contributed by atoms with E-state index in [-0.39, 0.29) is 0 Å². The Morgan fingerprint density at radius 1 is 0.571 bits per heavy atom. The van der Waals surface area contributed by atoms with Crippen LogP contribution in [0.4, 0.5) is 0 Å². The van der Waals surface area contributed by atoms with E-state index in [0.717, 1.165) is 44.7 Å². The fourth-order valence-electron chi connectivity index (χ4n) is 3.07. The van der Waals surface area contributed by atoms with Crippen LogP contribution in [-0.2, 0) is 0 Å². The van der Waals surface area contributed by atoms with Crippen molar-refractivity contribution in [3.8, 4) is 0 Å². The smallest absolute Gasteiger partial charge is 0.126 e. The van der Waals surface area contributed by atoms with Crippen molar-refractivity contribution in [2.45, 2.75) is 0 Å². The second-order valence-corrected chi connectivity index (χ2v) is 6.41. The Morgan fingerprint density at radius 2 is 1.11 bits per heavy atom. The van der Waals surface area contributed by atoms with Crippen LogP contribution >= 0.6 is 0 Å². The van der Waals surface area contributed by atoms with Gasteiger partial charge in [0.1, 0.15) is 11.5 Å². The van der Waals surface area contributed by atoms with E-state index in [9.17, 15) is 0 Å². The molecule has 0 spiro atoms. The third-order valence-electron chi connectivity index (χ3n) is 4.47. The number of furan rings is 2. The number of fused-ring (bicyclic) bond motifs is 2. The van der Waals surface area contributed by atoms with Gasteiger partial charge in [-0.15, -0.1) is 0 Å². The molecule has 5 rings (SSSR count). The number of hydrogen-bond acceptors (Lipinski definition) is 4. The minimum atomic E-state index is 0.801. The van der Waals surface area contributed by atoms with Gasteiger partial charge in [0.05, 0.1) is 34.9 Å². The van der Waals surface area contributed by atoms with Gasteiger partial charge in [-0.2, -0.15) is 0 Å². The van der Waals surface area contributed by atoms with Gasteiger partial charge < -0.3 is 8.83 Å². The summed E-state index contributed by atoms with van der Waals surface area (Å²) in [5.41, 5.74) is 3.57. The monoisotopic (exact) mass is 364 g/mol. The number of nitrogens with zero attached hydrogens (tertiary/aromatic N) is 2. The Kier molecular flexibility index (Phi) is 4.07. The quantitative estimate of drug-likeness (QED) is 0.351. The molecule has 0 bridgehead atoms. The lowest BCUT2D eigenvalue weighted by Crippen LogP contribution is -1.87. The van der Waals surface area contributed by atoms with E-state index in [2.05, 4.69) is 18.2 Å². The molecule has 4 heterocycles. The van der Waals surface area contributed by atoms with Crippen molar-refractivity contribution in [2.24, 2.45) is 0 Å². The van der Waals surface area contributed by atoms with E-state index in [1.165, 1.54) is 0 Å². The molecule has 0 radical (unpaired) electrons. The molecule has 134 valence electrons. The molecule has 0 fully saturated rings. The van der Waals surface area contributed by atoms with Crippen LogP contribution in [0, 0.1) is 0 Å². The molecule has 0 aliphatic rings. The minimum Gasteiger partial charge on any atom is -0.465 e. The summed E-state index contributed by atoms with van der Waals surface area (Å²) in [6, 6.07) is 19.8. The largest absolute Gasteiger partial charge is 0.465 e. The summed E-state index contributed by atoms with van der Waals surface area (Å²) >= 11 is 0. The molecule has 0 aliphatic carbocycles. The number of pyridine rings is 2. The van der Waals surface area contributed by atoms with Gasteiger partial charge >= 0.3 is 0 Å². The predicted octanol–water partition coefficient (Wildman–Crippen LogP) is 6.31. The summed E-state index contributed by atoms with van der Waals surface area (Å²) in [7, 11) is 0. The van der Waals surface area contributed by atoms with Gasteiger partial charge in [-0.05, 0) is 72.8 Å². The highest BCUT2D eigenvalue weighted by molar-refractivity contribution is 5.95. The van der Waals surface area contributed by atoms with Crippen molar-refractivity contribution in [2.75, 3.05) is 0 Å². The molecule has 4 nitrogen and oxygen atoms in total. The Hall–Kier alpha value is -3.92. The third-order valence-corrected chi connectivity index (χ3v) is 4.47. The first kappa shape index (κ1) is 16.3. The number of rotatable bonds is 4. The molecule has 4 heteroatoms. The molecule has 5 aromatic rings. The molecule has 0 aliphatic heterocycles. The van der Waals surface area contributed by atoms with Crippen LogP contribution in [0.25, 0.3) is 46.1 Å². The highest BCUT2D eigenvalue weighted by atomic mass is 16.3. The van der Waals surface area contributed by atoms with Crippen LogP contribution in [0.15, 0.2) is 82.0 Å². The van der Waals surface area contributed by atoms with Crippen LogP contribution in [0.2, 0.25) is 0 Å². The lowest BCUT2D eigenvalue weighted by Gasteiger charge is -2.04. The standard InChI is InChI=1S/C24H16N2O2/c1-3-21(27-13-1)11-9-19-7-5-17-15-18-6-8-20(10-12-22-4-2-14-28-22)26-24(18)16-23(17)25-19/h1-16H. The maximum Gasteiger partial charge on any atom is 0.126 e. The Balaban J connectivity index is 1.50. The first-order chi connectivity index (χ1) is 13.8. The van der Waals surface area contributed by atoms with Crippen LogP contribution in [0.3, 0.4) is 0 Å². The first-order valence-corrected chi connectivity index (χ1v) is 8.98. The van der Waals surface area contributed by atoms with Gasteiger partial charge in [-0.3, -0.25) is 0 Å². The van der Waals surface area contributed by atoms with Crippen molar-refractivity contribution < 1.29 is 8.83 Å². The van der Waals surface area contributed by atoms with Crippen molar-refractivity contribution in [1.29, 1.82) is 0 Å². The highest BCUT2D eigenvalue weighted by Crippen LogP contribution is 2.22. The number of benzene rings is 1. The van der Waals surface area contributed by atoms with E-state index >= 15 is 0 Å². The summed E-state index contributed by atoms with van der Waals surface area (Å²) in [5.74, 6) is 1.60. The topological polar surface area (TPSA) is 52.1 Å². The molecular weight excluding hydrogens is 348 g/mol. The summed E-state index contributed by atoms with van der Waals surface area (Å²) in [5, 5.41) is 2.17. The lowest BCUT2D eigenvalue weighted by atomic mass is 10.1. The molecule has 4 aromatic heterocycles. The van der Waals surface area contributed by atoms with Crippen LogP contribution in [-0.4, -0.2) is 9.97 Å². The van der Waals surface area contributed by atoms with Crippen LogP contribution in [0.1, 0.15) is 22.9 Å². The third kappa shape index (κ3) is 3.35. The molecule has 0 amide bonds. The first-order valence-electron chi connectivity index (χ1n) is 8.98. The van der Waals surface area contributed by atoms with E-state index in [0.29, 0.717) is 0 Å². The molecule has 1 aromatic carbocycles. The second kappa shape index (κ2) is 7.00. The van der Waals surface area contributed by atoms with Gasteiger partial charge in [-0.1, -0.05) is 12.1 Å². The van der Waals surface area contributed by atoms with Crippen molar-refractivity contribution in [1.82, 2.24) is 9.97 Å². The molecule has 0 saturated carbocycles. The maximum atomic E-state index is 5.33. The zero-order valence-electron chi connectivity index (χ0n) is 14.9. The number of hydrogen-bond donors (Lipinski definition) is 0. The molecule has 28 heavy (non-hydrogen) atoms. The maximum absolute atomic E-state index is 5.33. The molecule has 0 atom stereocenters. The van der Waals surface area contributed by atoms with Crippen molar-refractivity contribution >= 4 is 46.1 Å². The Morgan fingerprint density at radius 3 is 1.57 bits per heavy atom. The fraction of sp³-hybridized carbons (Fsp3) is 0.